The second kappa shape index (κ2) is 5.29. The van der Waals surface area contributed by atoms with Gasteiger partial charge in [0.2, 0.25) is 0 Å². The summed E-state index contributed by atoms with van der Waals surface area (Å²) in [5, 5.41) is 9.76. The molecular weight excluding hydrogens is 250 g/mol. The van der Waals surface area contributed by atoms with Crippen LogP contribution in [0.5, 0.6) is 0 Å². The van der Waals surface area contributed by atoms with Crippen molar-refractivity contribution in [2.45, 2.75) is 18.9 Å². The van der Waals surface area contributed by atoms with E-state index >= 15 is 0 Å². The average Bonchev–Trinajstić information content (AvgIpc) is 2.34. The standard InChI is InChI=1S/C12H13ClF2O2/c13-9-6-10(14)8(5-11(9)15)12(16)7-1-3-17-4-2-7/h5-7,12,16H,1-4H2. The quantitative estimate of drug-likeness (QED) is 0.830. The third kappa shape index (κ3) is 2.76. The first-order valence-corrected chi connectivity index (χ1v) is 5.87. The highest BCUT2D eigenvalue weighted by molar-refractivity contribution is 6.30. The zero-order chi connectivity index (χ0) is 12.4. The van der Waals surface area contributed by atoms with Gasteiger partial charge in [-0.25, -0.2) is 8.78 Å². The van der Waals surface area contributed by atoms with Crippen LogP contribution in [-0.4, -0.2) is 18.3 Å². The maximum absolute atomic E-state index is 13.6. The molecule has 1 fully saturated rings. The molecule has 1 aliphatic heterocycles. The number of hydrogen-bond donors (Lipinski definition) is 1. The van der Waals surface area contributed by atoms with E-state index in [1.165, 1.54) is 0 Å². The maximum Gasteiger partial charge on any atom is 0.142 e. The molecule has 0 saturated carbocycles. The fourth-order valence-corrected chi connectivity index (χ4v) is 2.20. The smallest absolute Gasteiger partial charge is 0.142 e. The maximum atomic E-state index is 13.6. The second-order valence-corrected chi connectivity index (χ2v) is 4.59. The molecular formula is C12H13ClF2O2. The van der Waals surface area contributed by atoms with Crippen LogP contribution in [0.15, 0.2) is 12.1 Å². The van der Waals surface area contributed by atoms with Crippen molar-refractivity contribution in [2.24, 2.45) is 5.92 Å². The number of halogens is 3. The summed E-state index contributed by atoms with van der Waals surface area (Å²) in [7, 11) is 0. The first-order chi connectivity index (χ1) is 8.09. The van der Waals surface area contributed by atoms with Gasteiger partial charge < -0.3 is 9.84 Å². The Bertz CT molecular complexity index is 406. The van der Waals surface area contributed by atoms with E-state index in [-0.39, 0.29) is 16.5 Å². The fraction of sp³-hybridized carbons (Fsp3) is 0.500. The topological polar surface area (TPSA) is 29.5 Å². The molecule has 0 aliphatic carbocycles. The number of ether oxygens (including phenoxy) is 1. The van der Waals surface area contributed by atoms with Crippen molar-refractivity contribution in [3.63, 3.8) is 0 Å². The lowest BCUT2D eigenvalue weighted by molar-refractivity contribution is 0.00579. The van der Waals surface area contributed by atoms with E-state index in [0.29, 0.717) is 26.1 Å². The molecule has 0 spiro atoms. The van der Waals surface area contributed by atoms with Crippen molar-refractivity contribution in [3.05, 3.63) is 34.4 Å². The predicted molar refractivity (Wildman–Crippen MR) is 59.9 cm³/mol. The minimum atomic E-state index is -1.01. The van der Waals surface area contributed by atoms with Gasteiger partial charge in [0.15, 0.2) is 0 Å². The number of hydrogen-bond acceptors (Lipinski definition) is 2. The van der Waals surface area contributed by atoms with Crippen molar-refractivity contribution in [1.82, 2.24) is 0 Å². The number of aliphatic hydroxyl groups is 1. The summed E-state index contributed by atoms with van der Waals surface area (Å²) < 4.78 is 32.0. The van der Waals surface area contributed by atoms with E-state index in [0.717, 1.165) is 12.1 Å². The molecule has 0 aromatic heterocycles. The molecule has 0 amide bonds. The van der Waals surface area contributed by atoms with Crippen molar-refractivity contribution in [3.8, 4) is 0 Å². The van der Waals surface area contributed by atoms with Gasteiger partial charge in [0.25, 0.3) is 0 Å². The van der Waals surface area contributed by atoms with Crippen molar-refractivity contribution >= 4 is 11.6 Å². The van der Waals surface area contributed by atoms with E-state index in [1.807, 2.05) is 0 Å². The van der Waals surface area contributed by atoms with Gasteiger partial charge in [-0.1, -0.05) is 11.6 Å². The van der Waals surface area contributed by atoms with Gasteiger partial charge in [0.05, 0.1) is 11.1 Å². The molecule has 0 bridgehead atoms. The zero-order valence-electron chi connectivity index (χ0n) is 9.13. The van der Waals surface area contributed by atoms with Crippen LogP contribution in [0.1, 0.15) is 24.5 Å². The Morgan fingerprint density at radius 1 is 1.24 bits per heavy atom. The van der Waals surface area contributed by atoms with E-state index in [4.69, 9.17) is 16.3 Å². The van der Waals surface area contributed by atoms with Gasteiger partial charge >= 0.3 is 0 Å². The van der Waals surface area contributed by atoms with Crippen LogP contribution >= 0.6 is 11.6 Å². The Hall–Kier alpha value is -0.710. The molecule has 1 aromatic carbocycles. The van der Waals surface area contributed by atoms with E-state index in [9.17, 15) is 13.9 Å². The van der Waals surface area contributed by atoms with Crippen LogP contribution in [0.2, 0.25) is 5.02 Å². The van der Waals surface area contributed by atoms with Gasteiger partial charge in [-0.2, -0.15) is 0 Å². The molecule has 1 aliphatic rings. The molecule has 94 valence electrons. The average molecular weight is 263 g/mol. The minimum Gasteiger partial charge on any atom is -0.388 e. The largest absolute Gasteiger partial charge is 0.388 e. The lowest BCUT2D eigenvalue weighted by atomic mass is 9.89. The van der Waals surface area contributed by atoms with Crippen LogP contribution in [0.3, 0.4) is 0 Å². The number of aliphatic hydroxyl groups excluding tert-OH is 1. The molecule has 2 rings (SSSR count). The fourth-order valence-electron chi connectivity index (χ4n) is 2.05. The molecule has 1 aromatic rings. The summed E-state index contributed by atoms with van der Waals surface area (Å²) in [6.07, 6.45) is 0.279. The molecule has 1 atom stereocenters. The van der Waals surface area contributed by atoms with Crippen LogP contribution in [0.25, 0.3) is 0 Å². The lowest BCUT2D eigenvalue weighted by Crippen LogP contribution is -2.22. The first-order valence-electron chi connectivity index (χ1n) is 5.50. The summed E-state index contributed by atoms with van der Waals surface area (Å²) in [5.74, 6) is -1.48. The molecule has 5 heteroatoms. The third-order valence-corrected chi connectivity index (χ3v) is 3.36. The van der Waals surface area contributed by atoms with E-state index in [1.54, 1.807) is 0 Å². The van der Waals surface area contributed by atoms with Crippen LogP contribution in [0, 0.1) is 17.6 Å². The Balaban J connectivity index is 2.23. The molecule has 0 radical (unpaired) electrons. The molecule has 1 saturated heterocycles. The Morgan fingerprint density at radius 2 is 1.88 bits per heavy atom. The lowest BCUT2D eigenvalue weighted by Gasteiger charge is -2.27. The van der Waals surface area contributed by atoms with Crippen LogP contribution < -0.4 is 0 Å². The van der Waals surface area contributed by atoms with Gasteiger partial charge in [-0.15, -0.1) is 0 Å². The van der Waals surface area contributed by atoms with Gasteiger partial charge in [-0.3, -0.25) is 0 Å². The molecule has 1 unspecified atom stereocenters. The molecule has 2 nitrogen and oxygen atoms in total. The SMILES string of the molecule is OC(c1cc(F)c(Cl)cc1F)C1CCOCC1. The second-order valence-electron chi connectivity index (χ2n) is 4.18. The zero-order valence-corrected chi connectivity index (χ0v) is 9.88. The normalized spacial score (nSPS) is 19.3. The number of rotatable bonds is 2. The molecule has 1 N–H and O–H groups in total. The number of benzene rings is 1. The van der Waals surface area contributed by atoms with Gasteiger partial charge in [0, 0.05) is 18.8 Å². The predicted octanol–water partition coefficient (Wildman–Crippen LogP) is 3.08. The van der Waals surface area contributed by atoms with Crippen molar-refractivity contribution in [2.75, 3.05) is 13.2 Å². The monoisotopic (exact) mass is 262 g/mol. The highest BCUT2D eigenvalue weighted by Crippen LogP contribution is 2.33. The van der Waals surface area contributed by atoms with Crippen LogP contribution in [0.4, 0.5) is 8.78 Å². The summed E-state index contributed by atoms with van der Waals surface area (Å²) in [6, 6.07) is 1.87. The third-order valence-electron chi connectivity index (χ3n) is 3.07. The summed E-state index contributed by atoms with van der Waals surface area (Å²) in [4.78, 5) is 0. The summed E-state index contributed by atoms with van der Waals surface area (Å²) in [6.45, 7) is 1.08. The Kier molecular flexibility index (Phi) is 3.97. The molecule has 17 heavy (non-hydrogen) atoms. The summed E-state index contributed by atoms with van der Waals surface area (Å²) in [5.41, 5.74) is -0.0289. The van der Waals surface area contributed by atoms with Crippen molar-refractivity contribution in [1.29, 1.82) is 0 Å². The van der Waals surface area contributed by atoms with Crippen LogP contribution in [-0.2, 0) is 4.74 Å². The van der Waals surface area contributed by atoms with Crippen molar-refractivity contribution < 1.29 is 18.6 Å². The minimum absolute atomic E-state index is 0.0289. The first kappa shape index (κ1) is 12.7. The van der Waals surface area contributed by atoms with E-state index < -0.39 is 17.7 Å². The van der Waals surface area contributed by atoms with Gasteiger partial charge in [0.1, 0.15) is 11.6 Å². The van der Waals surface area contributed by atoms with E-state index in [2.05, 4.69) is 0 Å². The Labute approximate surface area is 103 Å². The highest BCUT2D eigenvalue weighted by atomic mass is 35.5. The highest BCUT2D eigenvalue weighted by Gasteiger charge is 2.26. The Morgan fingerprint density at radius 3 is 2.53 bits per heavy atom. The summed E-state index contributed by atoms with van der Waals surface area (Å²) >= 11 is 5.46. The molecule has 1 heterocycles. The van der Waals surface area contributed by atoms with Gasteiger partial charge in [-0.05, 0) is 30.9 Å².